The zero-order valence-electron chi connectivity index (χ0n) is 15.1. The van der Waals surface area contributed by atoms with Crippen molar-refractivity contribution in [1.82, 2.24) is 15.6 Å². The van der Waals surface area contributed by atoms with Gasteiger partial charge < -0.3 is 10.6 Å². The van der Waals surface area contributed by atoms with Crippen LogP contribution in [0.2, 0.25) is 0 Å². The summed E-state index contributed by atoms with van der Waals surface area (Å²) in [6.45, 7) is 10.2. The number of hydrogen-bond donors (Lipinski definition) is 2. The molecule has 4 nitrogen and oxygen atoms in total. The Bertz CT molecular complexity index is 700. The number of guanidine groups is 1. The van der Waals surface area contributed by atoms with Crippen molar-refractivity contribution in [3.05, 3.63) is 51.7 Å². The van der Waals surface area contributed by atoms with Gasteiger partial charge in [-0.15, -0.1) is 35.3 Å². The van der Waals surface area contributed by atoms with Gasteiger partial charge in [-0.2, -0.15) is 0 Å². The molecule has 25 heavy (non-hydrogen) atoms. The van der Waals surface area contributed by atoms with E-state index in [4.69, 9.17) is 0 Å². The van der Waals surface area contributed by atoms with Gasteiger partial charge in [0.05, 0.1) is 11.6 Å². The molecule has 0 spiro atoms. The minimum absolute atomic E-state index is 0. The first kappa shape index (κ1) is 21.8. The van der Waals surface area contributed by atoms with Gasteiger partial charge in [0, 0.05) is 29.6 Å². The molecule has 2 aromatic rings. The topological polar surface area (TPSA) is 49.3 Å². The molecule has 1 heterocycles. The average molecular weight is 476 g/mol. The Morgan fingerprint density at radius 2 is 2.08 bits per heavy atom. The van der Waals surface area contributed by atoms with Crippen LogP contribution in [0.4, 0.5) is 4.39 Å². The van der Waals surface area contributed by atoms with Crippen LogP contribution >= 0.6 is 35.3 Å². The number of nitrogens with zero attached hydrogens (tertiary/aromatic N) is 2. The van der Waals surface area contributed by atoms with E-state index in [1.54, 1.807) is 23.5 Å². The molecule has 0 atom stereocenters. The second kappa shape index (κ2) is 10.1. The lowest BCUT2D eigenvalue weighted by Crippen LogP contribution is -2.43. The zero-order valence-corrected chi connectivity index (χ0v) is 18.2. The van der Waals surface area contributed by atoms with Crippen molar-refractivity contribution in [2.24, 2.45) is 4.99 Å². The zero-order chi connectivity index (χ0) is 17.6. The second-order valence-electron chi connectivity index (χ2n) is 6.29. The third-order valence-corrected chi connectivity index (χ3v) is 4.61. The van der Waals surface area contributed by atoms with Crippen molar-refractivity contribution in [2.75, 3.05) is 13.1 Å². The predicted octanol–water partition coefficient (Wildman–Crippen LogP) is 4.24. The Kier molecular flexibility index (Phi) is 8.78. The maximum Gasteiger partial charge on any atom is 0.191 e. The van der Waals surface area contributed by atoms with Crippen molar-refractivity contribution in [3.63, 3.8) is 0 Å². The summed E-state index contributed by atoms with van der Waals surface area (Å²) in [4.78, 5) is 9.98. The van der Waals surface area contributed by atoms with Gasteiger partial charge in [0.25, 0.3) is 0 Å². The SMILES string of the molecule is CCNC(=NCc1cnc(C)s1)NCC(C)(C)c1cccc(F)c1.I. The number of aryl methyl sites for hydroxylation is 1. The summed E-state index contributed by atoms with van der Waals surface area (Å²) >= 11 is 1.65. The Hall–Kier alpha value is -1.22. The molecular formula is C18H26FIN4S. The molecular weight excluding hydrogens is 450 g/mol. The van der Waals surface area contributed by atoms with Crippen LogP contribution in [0.15, 0.2) is 35.5 Å². The molecule has 7 heteroatoms. The standard InChI is InChI=1S/C18H25FN4S.HI/c1-5-20-17(22-11-16-10-21-13(2)24-16)23-12-18(3,4)14-7-6-8-15(19)9-14;/h6-10H,5,11-12H2,1-4H3,(H2,20,22,23);1H. The first-order valence-corrected chi connectivity index (χ1v) is 8.92. The van der Waals surface area contributed by atoms with E-state index >= 15 is 0 Å². The van der Waals surface area contributed by atoms with Crippen molar-refractivity contribution in [2.45, 2.75) is 39.7 Å². The van der Waals surface area contributed by atoms with Crippen molar-refractivity contribution >= 4 is 41.3 Å². The number of aliphatic imine (C=N–C) groups is 1. The third-order valence-electron chi connectivity index (χ3n) is 3.71. The smallest absolute Gasteiger partial charge is 0.191 e. The fourth-order valence-electron chi connectivity index (χ4n) is 2.29. The third kappa shape index (κ3) is 6.89. The molecule has 0 saturated heterocycles. The van der Waals surface area contributed by atoms with Crippen LogP contribution in [-0.2, 0) is 12.0 Å². The largest absolute Gasteiger partial charge is 0.357 e. The summed E-state index contributed by atoms with van der Waals surface area (Å²) in [7, 11) is 0. The normalized spacial score (nSPS) is 11.8. The number of aromatic nitrogens is 1. The van der Waals surface area contributed by atoms with E-state index in [0.29, 0.717) is 13.1 Å². The summed E-state index contributed by atoms with van der Waals surface area (Å²) in [6.07, 6.45) is 1.86. The summed E-state index contributed by atoms with van der Waals surface area (Å²) in [5, 5.41) is 7.65. The molecule has 2 rings (SSSR count). The number of nitrogens with one attached hydrogen (secondary N) is 2. The van der Waals surface area contributed by atoms with E-state index < -0.39 is 0 Å². The number of halogens is 2. The Morgan fingerprint density at radius 1 is 1.32 bits per heavy atom. The van der Waals surface area contributed by atoms with E-state index in [1.807, 2.05) is 26.1 Å². The molecule has 1 aromatic carbocycles. The highest BCUT2D eigenvalue weighted by Crippen LogP contribution is 2.22. The quantitative estimate of drug-likeness (QED) is 0.373. The summed E-state index contributed by atoms with van der Waals surface area (Å²) in [6, 6.07) is 6.76. The van der Waals surface area contributed by atoms with Crippen molar-refractivity contribution in [3.8, 4) is 0 Å². The minimum Gasteiger partial charge on any atom is -0.357 e. The number of thiazole rings is 1. The van der Waals surface area contributed by atoms with Crippen LogP contribution in [0.1, 0.15) is 36.2 Å². The molecule has 0 aliphatic carbocycles. The molecule has 2 N–H and O–H groups in total. The van der Waals surface area contributed by atoms with Crippen LogP contribution in [0.25, 0.3) is 0 Å². The number of rotatable bonds is 6. The number of hydrogen-bond acceptors (Lipinski definition) is 3. The van der Waals surface area contributed by atoms with E-state index in [9.17, 15) is 4.39 Å². The molecule has 0 amide bonds. The van der Waals surface area contributed by atoms with Crippen LogP contribution in [0.5, 0.6) is 0 Å². The maximum atomic E-state index is 13.5. The van der Waals surface area contributed by atoms with Crippen molar-refractivity contribution < 1.29 is 4.39 Å². The molecule has 0 unspecified atom stereocenters. The minimum atomic E-state index is -0.209. The highest BCUT2D eigenvalue weighted by molar-refractivity contribution is 14.0. The molecule has 0 saturated carbocycles. The van der Waals surface area contributed by atoms with Gasteiger partial charge in [-0.25, -0.2) is 14.4 Å². The molecule has 0 aliphatic rings. The van der Waals surface area contributed by atoms with E-state index in [0.717, 1.165) is 28.0 Å². The van der Waals surface area contributed by atoms with Gasteiger partial charge in [0.2, 0.25) is 0 Å². The number of benzene rings is 1. The molecule has 1 aromatic heterocycles. The molecule has 138 valence electrons. The lowest BCUT2D eigenvalue weighted by atomic mass is 9.84. The average Bonchev–Trinajstić information content (AvgIpc) is 2.95. The van der Waals surface area contributed by atoms with Crippen LogP contribution < -0.4 is 10.6 Å². The fourth-order valence-corrected chi connectivity index (χ4v) is 3.01. The second-order valence-corrected chi connectivity index (χ2v) is 7.61. The maximum absolute atomic E-state index is 13.5. The highest BCUT2D eigenvalue weighted by Gasteiger charge is 2.21. The van der Waals surface area contributed by atoms with Crippen LogP contribution in [0.3, 0.4) is 0 Å². The first-order chi connectivity index (χ1) is 11.4. The van der Waals surface area contributed by atoms with E-state index in [-0.39, 0.29) is 35.2 Å². The van der Waals surface area contributed by atoms with Gasteiger partial charge in [-0.1, -0.05) is 26.0 Å². The first-order valence-electron chi connectivity index (χ1n) is 8.10. The van der Waals surface area contributed by atoms with Gasteiger partial charge in [0.1, 0.15) is 5.82 Å². The van der Waals surface area contributed by atoms with Crippen molar-refractivity contribution in [1.29, 1.82) is 0 Å². The van der Waals surface area contributed by atoms with Gasteiger partial charge in [-0.3, -0.25) is 0 Å². The van der Waals surface area contributed by atoms with Gasteiger partial charge in [0.15, 0.2) is 5.96 Å². The predicted molar refractivity (Wildman–Crippen MR) is 115 cm³/mol. The Morgan fingerprint density at radius 3 is 2.68 bits per heavy atom. The van der Waals surface area contributed by atoms with Gasteiger partial charge >= 0.3 is 0 Å². The fraction of sp³-hybridized carbons (Fsp3) is 0.444. The molecule has 0 radical (unpaired) electrons. The Balaban J connectivity index is 0.00000312. The molecule has 0 aliphatic heterocycles. The van der Waals surface area contributed by atoms with E-state index in [2.05, 4.69) is 34.5 Å². The Labute approximate surface area is 170 Å². The van der Waals surface area contributed by atoms with Crippen LogP contribution in [-0.4, -0.2) is 24.0 Å². The summed E-state index contributed by atoms with van der Waals surface area (Å²) in [5.41, 5.74) is 0.753. The van der Waals surface area contributed by atoms with Crippen LogP contribution in [0, 0.1) is 12.7 Å². The van der Waals surface area contributed by atoms with E-state index in [1.165, 1.54) is 6.07 Å². The monoisotopic (exact) mass is 476 g/mol. The summed E-state index contributed by atoms with van der Waals surface area (Å²) in [5.74, 6) is 0.551. The highest BCUT2D eigenvalue weighted by atomic mass is 127. The lowest BCUT2D eigenvalue weighted by Gasteiger charge is -2.26. The van der Waals surface area contributed by atoms with Gasteiger partial charge in [-0.05, 0) is 31.5 Å². The lowest BCUT2D eigenvalue weighted by molar-refractivity contribution is 0.503. The summed E-state index contributed by atoms with van der Waals surface area (Å²) < 4.78 is 13.5. The molecule has 0 bridgehead atoms. The molecule has 0 fully saturated rings.